The summed E-state index contributed by atoms with van der Waals surface area (Å²) in [6, 6.07) is 12.1. The number of rotatable bonds is 5. The summed E-state index contributed by atoms with van der Waals surface area (Å²) in [6.07, 6.45) is 2.77. The van der Waals surface area contributed by atoms with E-state index in [0.29, 0.717) is 0 Å². The highest BCUT2D eigenvalue weighted by Gasteiger charge is 2.15. The van der Waals surface area contributed by atoms with Crippen LogP contribution in [0.1, 0.15) is 23.1 Å². The molecule has 0 aliphatic carbocycles. The molecule has 0 radical (unpaired) electrons. The van der Waals surface area contributed by atoms with E-state index in [1.54, 1.807) is 7.11 Å². The number of nitrogens with one attached hydrogen (secondary N) is 1. The van der Waals surface area contributed by atoms with Crippen LogP contribution >= 0.6 is 27.5 Å². The first-order chi connectivity index (χ1) is 11.7. The van der Waals surface area contributed by atoms with Crippen LogP contribution < -0.4 is 10.1 Å². The van der Waals surface area contributed by atoms with Crippen LogP contribution in [0.2, 0.25) is 5.02 Å². The molecule has 126 valence electrons. The van der Waals surface area contributed by atoms with Crippen molar-refractivity contribution in [3.8, 4) is 5.75 Å². The SMILES string of the molecule is COc1ccc(Br)cc1CCc1c(Cl)cccc1C1=NCCCN1. The molecule has 0 saturated heterocycles. The highest BCUT2D eigenvalue weighted by atomic mass is 79.9. The molecule has 3 nitrogen and oxygen atoms in total. The monoisotopic (exact) mass is 406 g/mol. The minimum Gasteiger partial charge on any atom is -0.496 e. The van der Waals surface area contributed by atoms with Crippen molar-refractivity contribution in [2.24, 2.45) is 4.99 Å². The van der Waals surface area contributed by atoms with Gasteiger partial charge in [0.25, 0.3) is 0 Å². The van der Waals surface area contributed by atoms with E-state index in [4.69, 9.17) is 16.3 Å². The van der Waals surface area contributed by atoms with Gasteiger partial charge in [-0.1, -0.05) is 39.7 Å². The van der Waals surface area contributed by atoms with Gasteiger partial charge in [0.05, 0.1) is 7.11 Å². The van der Waals surface area contributed by atoms with Gasteiger partial charge in [0.1, 0.15) is 11.6 Å². The molecule has 5 heteroatoms. The molecular formula is C19H20BrClN2O. The van der Waals surface area contributed by atoms with Gasteiger partial charge in [-0.25, -0.2) is 0 Å². The van der Waals surface area contributed by atoms with Gasteiger partial charge in [-0.2, -0.15) is 0 Å². The van der Waals surface area contributed by atoms with E-state index in [-0.39, 0.29) is 0 Å². The van der Waals surface area contributed by atoms with Gasteiger partial charge in [-0.05, 0) is 54.7 Å². The van der Waals surface area contributed by atoms with Gasteiger partial charge in [-0.3, -0.25) is 4.99 Å². The molecule has 1 heterocycles. The molecule has 0 bridgehead atoms. The summed E-state index contributed by atoms with van der Waals surface area (Å²) in [5, 5.41) is 4.18. The topological polar surface area (TPSA) is 33.6 Å². The van der Waals surface area contributed by atoms with E-state index in [1.807, 2.05) is 24.3 Å². The normalized spacial score (nSPS) is 14.0. The molecule has 0 atom stereocenters. The lowest BCUT2D eigenvalue weighted by molar-refractivity contribution is 0.409. The van der Waals surface area contributed by atoms with Crippen molar-refractivity contribution < 1.29 is 4.74 Å². The standard InChI is InChI=1S/C19H20BrClN2O/c1-24-18-9-7-14(20)12-13(18)6-8-15-16(4-2-5-17(15)21)19-22-10-3-11-23-19/h2,4-5,7,9,12H,3,6,8,10-11H2,1H3,(H,22,23). The second-order valence-electron chi connectivity index (χ2n) is 5.73. The maximum absolute atomic E-state index is 6.50. The van der Waals surface area contributed by atoms with Crippen molar-refractivity contribution in [3.05, 3.63) is 62.6 Å². The fourth-order valence-corrected chi connectivity index (χ4v) is 3.63. The molecule has 0 saturated carbocycles. The fourth-order valence-electron chi connectivity index (χ4n) is 2.95. The van der Waals surface area contributed by atoms with E-state index >= 15 is 0 Å². The third-order valence-electron chi connectivity index (χ3n) is 4.16. The van der Waals surface area contributed by atoms with Gasteiger partial charge in [0, 0.05) is 28.1 Å². The zero-order valence-corrected chi connectivity index (χ0v) is 16.0. The van der Waals surface area contributed by atoms with E-state index < -0.39 is 0 Å². The number of benzene rings is 2. The van der Waals surface area contributed by atoms with Crippen LogP contribution in [-0.2, 0) is 12.8 Å². The number of hydrogen-bond donors (Lipinski definition) is 1. The van der Waals surface area contributed by atoms with Crippen LogP contribution in [0.4, 0.5) is 0 Å². The summed E-state index contributed by atoms with van der Waals surface area (Å²) in [7, 11) is 1.70. The first-order valence-electron chi connectivity index (χ1n) is 8.07. The lowest BCUT2D eigenvalue weighted by atomic mass is 9.98. The number of ether oxygens (including phenoxy) is 1. The van der Waals surface area contributed by atoms with Crippen molar-refractivity contribution in [1.82, 2.24) is 5.32 Å². The molecule has 0 spiro atoms. The van der Waals surface area contributed by atoms with Gasteiger partial charge in [0.15, 0.2) is 0 Å². The van der Waals surface area contributed by atoms with E-state index in [9.17, 15) is 0 Å². The molecule has 3 rings (SSSR count). The summed E-state index contributed by atoms with van der Waals surface area (Å²) in [6.45, 7) is 1.83. The van der Waals surface area contributed by atoms with Crippen molar-refractivity contribution in [2.75, 3.05) is 20.2 Å². The van der Waals surface area contributed by atoms with Crippen LogP contribution in [-0.4, -0.2) is 26.0 Å². The van der Waals surface area contributed by atoms with Crippen molar-refractivity contribution in [1.29, 1.82) is 0 Å². The van der Waals surface area contributed by atoms with Gasteiger partial charge in [-0.15, -0.1) is 0 Å². The molecule has 2 aromatic carbocycles. The Morgan fingerprint density at radius 3 is 2.88 bits per heavy atom. The Hall–Kier alpha value is -1.52. The summed E-state index contributed by atoms with van der Waals surface area (Å²) in [5.41, 5.74) is 3.40. The summed E-state index contributed by atoms with van der Waals surface area (Å²) < 4.78 is 6.53. The van der Waals surface area contributed by atoms with Gasteiger partial charge >= 0.3 is 0 Å². The number of halogens is 2. The minimum atomic E-state index is 0.788. The molecule has 0 unspecified atom stereocenters. The Labute approximate surface area is 156 Å². The lowest BCUT2D eigenvalue weighted by Crippen LogP contribution is -2.31. The zero-order chi connectivity index (χ0) is 16.9. The molecule has 1 aliphatic rings. The quantitative estimate of drug-likeness (QED) is 0.783. The van der Waals surface area contributed by atoms with Crippen LogP contribution in [0.3, 0.4) is 0 Å². The van der Waals surface area contributed by atoms with Crippen LogP contribution in [0, 0.1) is 0 Å². The maximum atomic E-state index is 6.50. The third-order valence-corrected chi connectivity index (χ3v) is 5.01. The third kappa shape index (κ3) is 3.93. The van der Waals surface area contributed by atoms with E-state index in [2.05, 4.69) is 38.4 Å². The van der Waals surface area contributed by atoms with Crippen molar-refractivity contribution >= 4 is 33.4 Å². The second kappa shape index (κ2) is 8.04. The Bertz CT molecular complexity index is 761. The van der Waals surface area contributed by atoms with E-state index in [0.717, 1.165) is 70.1 Å². The predicted octanol–water partition coefficient (Wildman–Crippen LogP) is 4.64. The van der Waals surface area contributed by atoms with Crippen LogP contribution in [0.15, 0.2) is 45.9 Å². The first-order valence-corrected chi connectivity index (χ1v) is 9.24. The molecule has 0 aromatic heterocycles. The molecule has 2 aromatic rings. The van der Waals surface area contributed by atoms with Gasteiger partial charge in [0.2, 0.25) is 0 Å². The summed E-state index contributed by atoms with van der Waals surface area (Å²) in [4.78, 5) is 4.62. The minimum absolute atomic E-state index is 0.788. The fraction of sp³-hybridized carbons (Fsp3) is 0.316. The number of amidine groups is 1. The molecular weight excluding hydrogens is 388 g/mol. The predicted molar refractivity (Wildman–Crippen MR) is 104 cm³/mol. The molecule has 0 amide bonds. The highest BCUT2D eigenvalue weighted by molar-refractivity contribution is 9.10. The summed E-state index contributed by atoms with van der Waals surface area (Å²) in [5.74, 6) is 1.86. The average molecular weight is 408 g/mol. The number of aliphatic imine (C=N–C) groups is 1. The highest BCUT2D eigenvalue weighted by Crippen LogP contribution is 2.27. The number of methoxy groups -OCH3 is 1. The smallest absolute Gasteiger partial charge is 0.128 e. The average Bonchev–Trinajstić information content (AvgIpc) is 2.61. The van der Waals surface area contributed by atoms with Crippen molar-refractivity contribution in [2.45, 2.75) is 19.3 Å². The lowest BCUT2D eigenvalue weighted by Gasteiger charge is -2.19. The Morgan fingerprint density at radius 2 is 2.12 bits per heavy atom. The van der Waals surface area contributed by atoms with Gasteiger partial charge < -0.3 is 10.1 Å². The van der Waals surface area contributed by atoms with Crippen molar-refractivity contribution in [3.63, 3.8) is 0 Å². The Kier molecular flexibility index (Phi) is 5.80. The molecule has 0 fully saturated rings. The second-order valence-corrected chi connectivity index (χ2v) is 7.06. The number of hydrogen-bond acceptors (Lipinski definition) is 3. The number of aryl methyl sites for hydroxylation is 1. The van der Waals surface area contributed by atoms with E-state index in [1.165, 1.54) is 0 Å². The number of nitrogens with zero attached hydrogens (tertiary/aromatic N) is 1. The molecule has 1 N–H and O–H groups in total. The first kappa shape index (κ1) is 17.3. The van der Waals surface area contributed by atoms with Crippen LogP contribution in [0.25, 0.3) is 0 Å². The Morgan fingerprint density at radius 1 is 1.25 bits per heavy atom. The zero-order valence-electron chi connectivity index (χ0n) is 13.6. The summed E-state index contributed by atoms with van der Waals surface area (Å²) >= 11 is 10.0. The maximum Gasteiger partial charge on any atom is 0.128 e. The molecule has 24 heavy (non-hydrogen) atoms. The Balaban J connectivity index is 1.88. The van der Waals surface area contributed by atoms with Crippen LogP contribution in [0.5, 0.6) is 5.75 Å². The molecule has 1 aliphatic heterocycles. The largest absolute Gasteiger partial charge is 0.496 e.